The van der Waals surface area contributed by atoms with E-state index < -0.39 is 0 Å². The van der Waals surface area contributed by atoms with Crippen molar-refractivity contribution in [2.75, 3.05) is 6.54 Å². The van der Waals surface area contributed by atoms with Gasteiger partial charge in [0.2, 0.25) is 0 Å². The van der Waals surface area contributed by atoms with Crippen molar-refractivity contribution in [2.45, 2.75) is 39.0 Å². The summed E-state index contributed by atoms with van der Waals surface area (Å²) in [4.78, 5) is 4.20. The number of nitriles is 1. The van der Waals surface area contributed by atoms with Crippen LogP contribution in [0.4, 0.5) is 0 Å². The molecule has 0 amide bonds. The Bertz CT molecular complexity index is 133. The van der Waals surface area contributed by atoms with E-state index in [4.69, 9.17) is 5.26 Å². The van der Waals surface area contributed by atoms with Gasteiger partial charge in [-0.25, -0.2) is 0 Å². The van der Waals surface area contributed by atoms with Crippen LogP contribution in [0.5, 0.6) is 0 Å². The lowest BCUT2D eigenvalue weighted by molar-refractivity contribution is 0.805. The summed E-state index contributed by atoms with van der Waals surface area (Å²) in [6.45, 7) is 3.11. The van der Waals surface area contributed by atoms with E-state index in [1.54, 1.807) is 0 Å². The van der Waals surface area contributed by atoms with Gasteiger partial charge in [0.25, 0.3) is 0 Å². The van der Waals surface area contributed by atoms with E-state index in [1.807, 2.05) is 6.21 Å². The average molecular weight is 152 g/mol. The molecule has 0 radical (unpaired) electrons. The second kappa shape index (κ2) is 9.16. The molecule has 62 valence electrons. The Labute approximate surface area is 68.9 Å². The lowest BCUT2D eigenvalue weighted by Crippen LogP contribution is -1.81. The molecule has 0 spiro atoms. The molecule has 0 bridgehead atoms. The van der Waals surface area contributed by atoms with Gasteiger partial charge in [-0.1, -0.05) is 13.3 Å². The molecule has 0 aromatic carbocycles. The molecule has 2 nitrogen and oxygen atoms in total. The number of unbranched alkanes of at least 4 members (excludes halogenated alkanes) is 3. The Hall–Kier alpha value is -0.840. The van der Waals surface area contributed by atoms with E-state index in [2.05, 4.69) is 18.0 Å². The molecule has 0 aliphatic carbocycles. The number of rotatable bonds is 6. The Balaban J connectivity index is 2.98. The molecule has 0 aliphatic heterocycles. The molecule has 0 unspecified atom stereocenters. The highest BCUT2D eigenvalue weighted by molar-refractivity contribution is 5.56. The van der Waals surface area contributed by atoms with Crippen molar-refractivity contribution in [3.05, 3.63) is 0 Å². The van der Waals surface area contributed by atoms with Gasteiger partial charge in [0.15, 0.2) is 0 Å². The van der Waals surface area contributed by atoms with Crippen LogP contribution in [0, 0.1) is 11.3 Å². The first kappa shape index (κ1) is 10.2. The number of hydrogen-bond acceptors (Lipinski definition) is 2. The third kappa shape index (κ3) is 9.16. The van der Waals surface area contributed by atoms with Crippen LogP contribution in [-0.2, 0) is 0 Å². The number of nitrogens with zero attached hydrogens (tertiary/aromatic N) is 2. The molecule has 0 atom stereocenters. The largest absolute Gasteiger partial charge is 0.298 e. The summed E-state index contributed by atoms with van der Waals surface area (Å²) in [5, 5.41) is 8.21. The topological polar surface area (TPSA) is 36.1 Å². The summed E-state index contributed by atoms with van der Waals surface area (Å²) >= 11 is 0. The summed E-state index contributed by atoms with van der Waals surface area (Å²) in [6, 6.07) is 2.11. The van der Waals surface area contributed by atoms with E-state index in [-0.39, 0.29) is 0 Å². The third-order valence-corrected chi connectivity index (χ3v) is 1.39. The molecular formula is C9H16N2. The summed E-state index contributed by atoms with van der Waals surface area (Å²) in [6.07, 6.45) is 6.88. The van der Waals surface area contributed by atoms with Crippen molar-refractivity contribution in [3.8, 4) is 6.07 Å². The maximum absolute atomic E-state index is 8.21. The molecule has 0 heterocycles. The van der Waals surface area contributed by atoms with Crippen LogP contribution in [0.25, 0.3) is 0 Å². The van der Waals surface area contributed by atoms with Crippen molar-refractivity contribution >= 4 is 6.21 Å². The monoisotopic (exact) mass is 152 g/mol. The summed E-state index contributed by atoms with van der Waals surface area (Å²) in [5.74, 6) is 0. The molecule has 0 aliphatic rings. The Kier molecular flexibility index (Phi) is 8.46. The quantitative estimate of drug-likeness (QED) is 0.425. The first-order valence-electron chi connectivity index (χ1n) is 4.27. The van der Waals surface area contributed by atoms with Crippen LogP contribution in [0.3, 0.4) is 0 Å². The summed E-state index contributed by atoms with van der Waals surface area (Å²) < 4.78 is 0. The summed E-state index contributed by atoms with van der Waals surface area (Å²) in [5.41, 5.74) is 0. The predicted molar refractivity (Wildman–Crippen MR) is 47.7 cm³/mol. The zero-order valence-corrected chi connectivity index (χ0v) is 7.21. The molecule has 0 saturated heterocycles. The number of aliphatic imine (C=N–C) groups is 1. The van der Waals surface area contributed by atoms with E-state index in [1.165, 1.54) is 12.8 Å². The van der Waals surface area contributed by atoms with E-state index in [0.29, 0.717) is 6.42 Å². The molecule has 0 rings (SSSR count). The van der Waals surface area contributed by atoms with Gasteiger partial charge in [-0.15, -0.1) is 0 Å². The van der Waals surface area contributed by atoms with Gasteiger partial charge in [-0.3, -0.25) is 4.99 Å². The van der Waals surface area contributed by atoms with Crippen LogP contribution < -0.4 is 0 Å². The SMILES string of the molecule is CCCCN=CCCCC#N. The molecule has 11 heavy (non-hydrogen) atoms. The fourth-order valence-corrected chi connectivity index (χ4v) is 0.704. The maximum atomic E-state index is 8.21. The highest BCUT2D eigenvalue weighted by Crippen LogP contribution is 1.91. The van der Waals surface area contributed by atoms with Crippen LogP contribution in [-0.4, -0.2) is 12.8 Å². The van der Waals surface area contributed by atoms with Crippen molar-refractivity contribution in [2.24, 2.45) is 4.99 Å². The zero-order valence-electron chi connectivity index (χ0n) is 7.21. The first-order chi connectivity index (χ1) is 5.41. The van der Waals surface area contributed by atoms with Gasteiger partial charge in [0, 0.05) is 13.0 Å². The van der Waals surface area contributed by atoms with E-state index >= 15 is 0 Å². The highest BCUT2D eigenvalue weighted by atomic mass is 14.7. The lowest BCUT2D eigenvalue weighted by atomic mass is 10.3. The van der Waals surface area contributed by atoms with Gasteiger partial charge >= 0.3 is 0 Å². The fourth-order valence-electron chi connectivity index (χ4n) is 0.704. The minimum Gasteiger partial charge on any atom is -0.298 e. The molecular weight excluding hydrogens is 136 g/mol. The normalized spacial score (nSPS) is 10.2. The van der Waals surface area contributed by atoms with Crippen molar-refractivity contribution in [3.63, 3.8) is 0 Å². The van der Waals surface area contributed by atoms with Gasteiger partial charge in [-0.2, -0.15) is 5.26 Å². The molecule has 0 fully saturated rings. The second-order valence-electron chi connectivity index (χ2n) is 2.49. The fraction of sp³-hybridized carbons (Fsp3) is 0.778. The standard InChI is InChI=1S/C9H16N2/c1-2-3-8-11-9-6-4-5-7-10/h9H,2-6,8H2,1H3. The van der Waals surface area contributed by atoms with Crippen molar-refractivity contribution < 1.29 is 0 Å². The van der Waals surface area contributed by atoms with Crippen molar-refractivity contribution in [1.82, 2.24) is 0 Å². The third-order valence-electron chi connectivity index (χ3n) is 1.39. The van der Waals surface area contributed by atoms with E-state index in [0.717, 1.165) is 19.4 Å². The molecule has 0 saturated carbocycles. The summed E-state index contributed by atoms with van der Waals surface area (Å²) in [7, 11) is 0. The predicted octanol–water partition coefficient (Wildman–Crippen LogP) is 2.55. The van der Waals surface area contributed by atoms with Crippen LogP contribution >= 0.6 is 0 Å². The Morgan fingerprint density at radius 3 is 2.91 bits per heavy atom. The minimum absolute atomic E-state index is 0.653. The van der Waals surface area contributed by atoms with Crippen LogP contribution in [0.15, 0.2) is 4.99 Å². The highest BCUT2D eigenvalue weighted by Gasteiger charge is 1.81. The molecule has 0 aromatic heterocycles. The molecule has 0 N–H and O–H groups in total. The Morgan fingerprint density at radius 1 is 1.45 bits per heavy atom. The molecule has 0 aromatic rings. The maximum Gasteiger partial charge on any atom is 0.0621 e. The van der Waals surface area contributed by atoms with E-state index in [9.17, 15) is 0 Å². The lowest BCUT2D eigenvalue weighted by Gasteiger charge is -1.89. The molecule has 2 heteroatoms. The first-order valence-corrected chi connectivity index (χ1v) is 4.27. The average Bonchev–Trinajstić information content (AvgIpc) is 2.03. The second-order valence-corrected chi connectivity index (χ2v) is 2.49. The smallest absolute Gasteiger partial charge is 0.0621 e. The zero-order chi connectivity index (χ0) is 8.36. The van der Waals surface area contributed by atoms with Gasteiger partial charge in [0.05, 0.1) is 6.07 Å². The Morgan fingerprint density at radius 2 is 2.27 bits per heavy atom. The minimum atomic E-state index is 0.653. The van der Waals surface area contributed by atoms with Gasteiger partial charge in [0.1, 0.15) is 0 Å². The number of hydrogen-bond donors (Lipinski definition) is 0. The van der Waals surface area contributed by atoms with Crippen molar-refractivity contribution in [1.29, 1.82) is 5.26 Å². The van der Waals surface area contributed by atoms with Crippen LogP contribution in [0.1, 0.15) is 39.0 Å². The van der Waals surface area contributed by atoms with Gasteiger partial charge < -0.3 is 0 Å². The van der Waals surface area contributed by atoms with Gasteiger partial charge in [-0.05, 0) is 25.5 Å². The van der Waals surface area contributed by atoms with Crippen LogP contribution in [0.2, 0.25) is 0 Å².